The van der Waals surface area contributed by atoms with Gasteiger partial charge in [0.1, 0.15) is 0 Å². The summed E-state index contributed by atoms with van der Waals surface area (Å²) in [5.74, 6) is 0.238. The molecule has 2 amide bonds. The lowest BCUT2D eigenvalue weighted by atomic mass is 10.2. The standard InChI is InChI=1S/C15H15BrN4O2S2/c16-11-6-2-1-5-10(11)13(22)17-14-18-19-15(24-14)23-9-12(21)20-7-3-4-8-20/h1-2,5-6H,3-4,7-9H2,(H,17,18,22). The predicted molar refractivity (Wildman–Crippen MR) is 98.5 cm³/mol. The van der Waals surface area contributed by atoms with E-state index in [4.69, 9.17) is 0 Å². The number of hydrogen-bond donors (Lipinski definition) is 1. The molecule has 6 nitrogen and oxygen atoms in total. The third kappa shape index (κ3) is 4.34. The first kappa shape index (κ1) is 17.4. The number of nitrogens with one attached hydrogen (secondary N) is 1. The number of nitrogens with zero attached hydrogens (tertiary/aromatic N) is 3. The van der Waals surface area contributed by atoms with Crippen LogP contribution in [0.2, 0.25) is 0 Å². The minimum Gasteiger partial charge on any atom is -0.342 e. The van der Waals surface area contributed by atoms with Crippen LogP contribution in [-0.4, -0.2) is 45.8 Å². The van der Waals surface area contributed by atoms with Gasteiger partial charge in [-0.3, -0.25) is 14.9 Å². The van der Waals surface area contributed by atoms with E-state index in [1.807, 2.05) is 11.0 Å². The summed E-state index contributed by atoms with van der Waals surface area (Å²) in [5, 5.41) is 11.1. The number of aromatic nitrogens is 2. The summed E-state index contributed by atoms with van der Waals surface area (Å²) < 4.78 is 1.39. The number of thioether (sulfide) groups is 1. The first-order valence-electron chi connectivity index (χ1n) is 7.43. The molecule has 1 aliphatic heterocycles. The molecule has 3 rings (SSSR count). The summed E-state index contributed by atoms with van der Waals surface area (Å²) in [7, 11) is 0. The Bertz CT molecular complexity index is 747. The van der Waals surface area contributed by atoms with Gasteiger partial charge < -0.3 is 4.90 Å². The third-order valence-corrected chi connectivity index (χ3v) is 6.17. The number of benzene rings is 1. The maximum atomic E-state index is 12.2. The third-order valence-electron chi connectivity index (χ3n) is 3.52. The van der Waals surface area contributed by atoms with Crippen LogP contribution in [0.1, 0.15) is 23.2 Å². The fourth-order valence-electron chi connectivity index (χ4n) is 2.31. The lowest BCUT2D eigenvalue weighted by Crippen LogP contribution is -2.29. The van der Waals surface area contributed by atoms with Crippen LogP contribution in [0.3, 0.4) is 0 Å². The lowest BCUT2D eigenvalue weighted by molar-refractivity contribution is -0.127. The van der Waals surface area contributed by atoms with Gasteiger partial charge in [0.15, 0.2) is 4.34 Å². The highest BCUT2D eigenvalue weighted by atomic mass is 79.9. The van der Waals surface area contributed by atoms with Crippen LogP contribution >= 0.6 is 39.0 Å². The van der Waals surface area contributed by atoms with Gasteiger partial charge in [-0.15, -0.1) is 10.2 Å². The molecular formula is C15H15BrN4O2S2. The first-order valence-corrected chi connectivity index (χ1v) is 10.0. The summed E-state index contributed by atoms with van der Waals surface area (Å²) in [6.45, 7) is 1.70. The molecule has 24 heavy (non-hydrogen) atoms. The van der Waals surface area contributed by atoms with E-state index in [0.717, 1.165) is 30.4 Å². The zero-order chi connectivity index (χ0) is 16.9. The van der Waals surface area contributed by atoms with Gasteiger partial charge in [-0.05, 0) is 40.9 Å². The number of halogens is 1. The van der Waals surface area contributed by atoms with E-state index in [0.29, 0.717) is 20.8 Å². The lowest BCUT2D eigenvalue weighted by Gasteiger charge is -2.13. The molecule has 0 saturated carbocycles. The van der Waals surface area contributed by atoms with Gasteiger partial charge in [0.05, 0.1) is 11.3 Å². The normalized spacial score (nSPS) is 14.0. The minimum atomic E-state index is -0.247. The van der Waals surface area contributed by atoms with Gasteiger partial charge >= 0.3 is 0 Å². The van der Waals surface area contributed by atoms with Gasteiger partial charge in [0.2, 0.25) is 11.0 Å². The second-order valence-corrected chi connectivity index (χ2v) is 8.24. The number of anilines is 1. The van der Waals surface area contributed by atoms with E-state index in [1.165, 1.54) is 23.1 Å². The topological polar surface area (TPSA) is 75.2 Å². The van der Waals surface area contributed by atoms with Gasteiger partial charge in [0, 0.05) is 17.6 Å². The Kier molecular flexibility index (Phi) is 5.85. The van der Waals surface area contributed by atoms with E-state index >= 15 is 0 Å². The summed E-state index contributed by atoms with van der Waals surface area (Å²) in [5.41, 5.74) is 0.533. The SMILES string of the molecule is O=C(Nc1nnc(SCC(=O)N2CCCC2)s1)c1ccccc1Br. The molecule has 2 heterocycles. The largest absolute Gasteiger partial charge is 0.342 e. The second kappa shape index (κ2) is 8.09. The molecule has 0 bridgehead atoms. The summed E-state index contributed by atoms with van der Waals surface area (Å²) in [6.07, 6.45) is 2.17. The molecular weight excluding hydrogens is 412 g/mol. The fourth-order valence-corrected chi connectivity index (χ4v) is 4.42. The van der Waals surface area contributed by atoms with Gasteiger partial charge in [0.25, 0.3) is 5.91 Å². The maximum Gasteiger partial charge on any atom is 0.258 e. The van der Waals surface area contributed by atoms with Crippen molar-refractivity contribution in [2.45, 2.75) is 17.2 Å². The molecule has 1 saturated heterocycles. The number of carbonyl (C=O) groups is 2. The van der Waals surface area contributed by atoms with Crippen molar-refractivity contribution in [3.8, 4) is 0 Å². The van der Waals surface area contributed by atoms with E-state index in [-0.39, 0.29) is 11.8 Å². The molecule has 0 aliphatic carbocycles. The number of carbonyl (C=O) groups excluding carboxylic acids is 2. The van der Waals surface area contributed by atoms with Crippen LogP contribution in [0.4, 0.5) is 5.13 Å². The Morgan fingerprint density at radius 1 is 1.25 bits per heavy atom. The molecule has 2 aromatic rings. The van der Waals surface area contributed by atoms with Crippen LogP contribution in [0.15, 0.2) is 33.1 Å². The molecule has 1 aromatic heterocycles. The van der Waals surface area contributed by atoms with Crippen molar-refractivity contribution >= 4 is 56.0 Å². The zero-order valence-electron chi connectivity index (χ0n) is 12.7. The van der Waals surface area contributed by atoms with Crippen molar-refractivity contribution < 1.29 is 9.59 Å². The van der Waals surface area contributed by atoms with Crippen LogP contribution < -0.4 is 5.32 Å². The maximum absolute atomic E-state index is 12.2. The number of amides is 2. The molecule has 0 unspecified atom stereocenters. The number of hydrogen-bond acceptors (Lipinski definition) is 6. The average Bonchev–Trinajstić information content (AvgIpc) is 3.25. The van der Waals surface area contributed by atoms with E-state index in [1.54, 1.807) is 18.2 Å². The molecule has 0 radical (unpaired) electrons. The van der Waals surface area contributed by atoms with E-state index in [2.05, 4.69) is 31.4 Å². The van der Waals surface area contributed by atoms with Crippen molar-refractivity contribution in [3.63, 3.8) is 0 Å². The van der Waals surface area contributed by atoms with Crippen molar-refractivity contribution in [1.29, 1.82) is 0 Å². The Morgan fingerprint density at radius 3 is 2.75 bits per heavy atom. The summed E-state index contributed by atoms with van der Waals surface area (Å²) in [4.78, 5) is 26.1. The van der Waals surface area contributed by atoms with Crippen molar-refractivity contribution in [3.05, 3.63) is 34.3 Å². The Morgan fingerprint density at radius 2 is 2.00 bits per heavy atom. The average molecular weight is 427 g/mol. The minimum absolute atomic E-state index is 0.131. The highest BCUT2D eigenvalue weighted by Gasteiger charge is 2.19. The van der Waals surface area contributed by atoms with E-state index in [9.17, 15) is 9.59 Å². The summed E-state index contributed by atoms with van der Waals surface area (Å²) >= 11 is 5.97. The predicted octanol–water partition coefficient (Wildman–Crippen LogP) is 3.27. The fraction of sp³-hybridized carbons (Fsp3) is 0.333. The molecule has 1 aliphatic rings. The van der Waals surface area contributed by atoms with Gasteiger partial charge in [-0.2, -0.15) is 0 Å². The van der Waals surface area contributed by atoms with Crippen molar-refractivity contribution in [1.82, 2.24) is 15.1 Å². The van der Waals surface area contributed by atoms with Crippen LogP contribution in [0, 0.1) is 0 Å². The highest BCUT2D eigenvalue weighted by molar-refractivity contribution is 9.10. The van der Waals surface area contributed by atoms with Crippen molar-refractivity contribution in [2.75, 3.05) is 24.2 Å². The van der Waals surface area contributed by atoms with Crippen LogP contribution in [0.5, 0.6) is 0 Å². The number of likely N-dealkylation sites (tertiary alicyclic amines) is 1. The van der Waals surface area contributed by atoms with Crippen molar-refractivity contribution in [2.24, 2.45) is 0 Å². The van der Waals surface area contributed by atoms with Gasteiger partial charge in [-0.1, -0.05) is 35.2 Å². The quantitative estimate of drug-likeness (QED) is 0.586. The Labute approximate surface area is 156 Å². The smallest absolute Gasteiger partial charge is 0.258 e. The molecule has 0 spiro atoms. The van der Waals surface area contributed by atoms with Crippen LogP contribution in [-0.2, 0) is 4.79 Å². The molecule has 1 aromatic carbocycles. The van der Waals surface area contributed by atoms with E-state index < -0.39 is 0 Å². The van der Waals surface area contributed by atoms with Crippen LogP contribution in [0.25, 0.3) is 0 Å². The second-order valence-electron chi connectivity index (χ2n) is 5.18. The van der Waals surface area contributed by atoms with Gasteiger partial charge in [-0.25, -0.2) is 0 Å². The molecule has 1 N–H and O–H groups in total. The highest BCUT2D eigenvalue weighted by Crippen LogP contribution is 2.27. The first-order chi connectivity index (χ1) is 11.6. The Balaban J connectivity index is 1.54. The molecule has 126 valence electrons. The Hall–Kier alpha value is -1.45. The number of rotatable bonds is 5. The molecule has 9 heteroatoms. The molecule has 0 atom stereocenters. The zero-order valence-corrected chi connectivity index (χ0v) is 15.9. The molecule has 1 fully saturated rings. The summed E-state index contributed by atoms with van der Waals surface area (Å²) in [6, 6.07) is 7.17. The monoisotopic (exact) mass is 426 g/mol.